The number of nitrogens with zero attached hydrogens (tertiary/aromatic N) is 1. The molecule has 7 rings (SSSR count). The first-order valence-corrected chi connectivity index (χ1v) is 12.9. The molecule has 4 heteroatoms. The number of anilines is 1. The number of para-hydroxylation sites is 1. The molecule has 4 aromatic rings. The first-order chi connectivity index (χ1) is 18.5. The molecule has 1 fully saturated rings. The van der Waals surface area contributed by atoms with Crippen molar-refractivity contribution in [2.75, 3.05) is 4.90 Å². The van der Waals surface area contributed by atoms with Gasteiger partial charge in [-0.15, -0.1) is 0 Å². The van der Waals surface area contributed by atoms with Crippen molar-refractivity contribution in [2.45, 2.75) is 24.9 Å². The number of fused-ring (bicyclic) bond motifs is 5. The molecule has 2 heterocycles. The highest BCUT2D eigenvalue weighted by Crippen LogP contribution is 2.60. The van der Waals surface area contributed by atoms with Gasteiger partial charge in [0, 0.05) is 28.3 Å². The minimum Gasteiger partial charge on any atom is -0.352 e. The van der Waals surface area contributed by atoms with Crippen LogP contribution >= 0.6 is 0 Å². The third-order valence-electron chi connectivity index (χ3n) is 8.48. The van der Waals surface area contributed by atoms with E-state index in [-0.39, 0.29) is 17.3 Å². The summed E-state index contributed by atoms with van der Waals surface area (Å²) in [7, 11) is 0. The molecule has 0 radical (unpaired) electrons. The summed E-state index contributed by atoms with van der Waals surface area (Å²) in [5.41, 5.74) is 3.69. The van der Waals surface area contributed by atoms with Crippen LogP contribution in [0.25, 0.3) is 6.08 Å². The molecule has 4 aromatic carbocycles. The van der Waals surface area contributed by atoms with Gasteiger partial charge >= 0.3 is 0 Å². The van der Waals surface area contributed by atoms with Gasteiger partial charge in [0.05, 0.1) is 6.04 Å². The summed E-state index contributed by atoms with van der Waals surface area (Å²) < 4.78 is 0. The lowest BCUT2D eigenvalue weighted by molar-refractivity contribution is 0.0666. The number of carbonyl (C=O) groups excluding carboxylic acids is 3. The van der Waals surface area contributed by atoms with Gasteiger partial charge < -0.3 is 4.90 Å². The van der Waals surface area contributed by atoms with E-state index in [1.165, 1.54) is 0 Å². The molecule has 1 spiro atoms. The van der Waals surface area contributed by atoms with E-state index in [0.29, 0.717) is 16.7 Å². The second-order valence-electron chi connectivity index (χ2n) is 10.4. The summed E-state index contributed by atoms with van der Waals surface area (Å²) >= 11 is 0. The highest BCUT2D eigenvalue weighted by atomic mass is 16.2. The molecule has 0 saturated carbocycles. The van der Waals surface area contributed by atoms with Gasteiger partial charge in [0.2, 0.25) is 0 Å². The van der Waals surface area contributed by atoms with Crippen molar-refractivity contribution in [3.63, 3.8) is 0 Å². The number of hydrogen-bond acceptors (Lipinski definition) is 4. The van der Waals surface area contributed by atoms with Gasteiger partial charge in [0.1, 0.15) is 11.5 Å². The minimum absolute atomic E-state index is 0.0950. The second-order valence-corrected chi connectivity index (χ2v) is 10.4. The molecule has 1 saturated heterocycles. The fourth-order valence-corrected chi connectivity index (χ4v) is 6.84. The van der Waals surface area contributed by atoms with Gasteiger partial charge in [-0.05, 0) is 24.1 Å². The summed E-state index contributed by atoms with van der Waals surface area (Å²) in [5.74, 6) is -1.18. The van der Waals surface area contributed by atoms with Crippen LogP contribution in [0.2, 0.25) is 0 Å². The van der Waals surface area contributed by atoms with E-state index >= 15 is 0 Å². The van der Waals surface area contributed by atoms with Crippen LogP contribution in [0.3, 0.4) is 0 Å². The topological polar surface area (TPSA) is 54.5 Å². The normalized spacial score (nSPS) is 22.3. The first kappa shape index (κ1) is 22.6. The fraction of sp³-hybridized carbons (Fsp3) is 0.147. The molecule has 1 aliphatic carbocycles. The lowest BCUT2D eigenvalue weighted by Crippen LogP contribution is -2.48. The zero-order valence-corrected chi connectivity index (χ0v) is 20.9. The van der Waals surface area contributed by atoms with Gasteiger partial charge in [-0.25, -0.2) is 0 Å². The van der Waals surface area contributed by atoms with Crippen molar-refractivity contribution < 1.29 is 14.4 Å². The highest BCUT2D eigenvalue weighted by molar-refractivity contribution is 6.32. The second kappa shape index (κ2) is 8.22. The lowest BCUT2D eigenvalue weighted by Gasteiger charge is -2.37. The van der Waals surface area contributed by atoms with Crippen molar-refractivity contribution in [3.05, 3.63) is 143 Å². The van der Waals surface area contributed by atoms with Crippen LogP contribution < -0.4 is 4.90 Å². The van der Waals surface area contributed by atoms with E-state index in [9.17, 15) is 14.4 Å². The number of rotatable bonds is 3. The van der Waals surface area contributed by atoms with E-state index in [1.807, 2.05) is 97.9 Å². The molecule has 0 aromatic heterocycles. The van der Waals surface area contributed by atoms with Gasteiger partial charge in [-0.2, -0.15) is 0 Å². The number of aryl methyl sites for hydroxylation is 1. The number of hydrogen-bond donors (Lipinski definition) is 0. The van der Waals surface area contributed by atoms with Crippen molar-refractivity contribution in [1.82, 2.24) is 0 Å². The highest BCUT2D eigenvalue weighted by Gasteiger charge is 2.71. The Morgan fingerprint density at radius 3 is 2.03 bits per heavy atom. The third kappa shape index (κ3) is 2.89. The summed E-state index contributed by atoms with van der Waals surface area (Å²) in [4.78, 5) is 45.7. The molecule has 184 valence electrons. The van der Waals surface area contributed by atoms with Crippen LogP contribution in [0.4, 0.5) is 5.69 Å². The number of Topliss-reactive ketones (excluding diaryl/α,β-unsaturated/α-hetero) is 3. The molecule has 4 nitrogen and oxygen atoms in total. The predicted molar refractivity (Wildman–Crippen MR) is 148 cm³/mol. The van der Waals surface area contributed by atoms with Crippen LogP contribution in [0, 0.1) is 12.3 Å². The van der Waals surface area contributed by atoms with Crippen LogP contribution in [-0.2, 0) is 0 Å². The van der Waals surface area contributed by atoms with Crippen molar-refractivity contribution >= 4 is 29.1 Å². The maximum Gasteiger partial charge on any atom is 0.185 e. The summed E-state index contributed by atoms with van der Waals surface area (Å²) in [5, 5.41) is 0. The Morgan fingerprint density at radius 2 is 1.34 bits per heavy atom. The quantitative estimate of drug-likeness (QED) is 0.247. The van der Waals surface area contributed by atoms with E-state index in [4.69, 9.17) is 0 Å². The Balaban J connectivity index is 1.54. The monoisotopic (exact) mass is 495 g/mol. The molecular weight excluding hydrogens is 470 g/mol. The largest absolute Gasteiger partial charge is 0.352 e. The van der Waals surface area contributed by atoms with Gasteiger partial charge in [-0.3, -0.25) is 14.4 Å². The summed E-state index contributed by atoms with van der Waals surface area (Å²) in [6.07, 6.45) is 3.95. The fourth-order valence-electron chi connectivity index (χ4n) is 6.84. The van der Waals surface area contributed by atoms with Gasteiger partial charge in [-0.1, -0.05) is 115 Å². The Morgan fingerprint density at radius 1 is 0.737 bits per heavy atom. The summed E-state index contributed by atoms with van der Waals surface area (Å²) in [6.45, 7) is 1.99. The molecule has 0 unspecified atom stereocenters. The average molecular weight is 496 g/mol. The smallest absolute Gasteiger partial charge is 0.185 e. The molecule has 38 heavy (non-hydrogen) atoms. The van der Waals surface area contributed by atoms with Crippen LogP contribution in [0.15, 0.2) is 109 Å². The first-order valence-electron chi connectivity index (χ1n) is 12.9. The van der Waals surface area contributed by atoms with E-state index < -0.39 is 23.4 Å². The van der Waals surface area contributed by atoms with E-state index in [1.54, 1.807) is 24.3 Å². The zero-order chi connectivity index (χ0) is 26.0. The maximum atomic E-state index is 14.5. The molecule has 0 bridgehead atoms. The Labute approximate surface area is 221 Å². The van der Waals surface area contributed by atoms with E-state index in [2.05, 4.69) is 4.90 Å². The Bertz CT molecular complexity index is 1620. The molecule has 2 aliphatic heterocycles. The van der Waals surface area contributed by atoms with Crippen molar-refractivity contribution in [3.8, 4) is 0 Å². The molecular formula is C34H25NO3. The lowest BCUT2D eigenvalue weighted by atomic mass is 9.64. The van der Waals surface area contributed by atoms with Crippen LogP contribution in [0.5, 0.6) is 0 Å². The zero-order valence-electron chi connectivity index (χ0n) is 20.9. The SMILES string of the molecule is Cc1ccc(C(=O)[C@@H]2[C@@H](c3ccccc3)C3(C(=O)c4ccccc4C3=O)[C@H]3C=Cc4ccccc4N23)cc1. The molecule has 3 atom stereocenters. The van der Waals surface area contributed by atoms with Gasteiger partial charge in [0.25, 0.3) is 0 Å². The van der Waals surface area contributed by atoms with E-state index in [0.717, 1.165) is 22.4 Å². The molecule has 0 N–H and O–H groups in total. The maximum absolute atomic E-state index is 14.5. The minimum atomic E-state index is -1.46. The Hall–Kier alpha value is -4.57. The van der Waals surface area contributed by atoms with Crippen molar-refractivity contribution in [2.24, 2.45) is 5.41 Å². The third-order valence-corrected chi connectivity index (χ3v) is 8.48. The standard InChI is InChI=1S/C34H25NO3/c1-21-15-17-24(18-16-21)31(36)30-29(23-10-3-2-4-11-23)34(32(37)25-12-6-7-13-26(25)33(34)38)28-20-19-22-9-5-8-14-27(22)35(28)30/h2-20,28-30H,1H3/t28-,29-,30+/m1/s1. The summed E-state index contributed by atoms with van der Waals surface area (Å²) in [6, 6.07) is 30.8. The predicted octanol–water partition coefficient (Wildman–Crippen LogP) is 6.31. The number of ketones is 3. The Kier molecular flexibility index (Phi) is 4.89. The van der Waals surface area contributed by atoms with Crippen LogP contribution in [-0.4, -0.2) is 29.4 Å². The number of benzene rings is 4. The number of carbonyl (C=O) groups is 3. The molecule has 3 aliphatic rings. The van der Waals surface area contributed by atoms with Crippen molar-refractivity contribution in [1.29, 1.82) is 0 Å². The van der Waals surface area contributed by atoms with Gasteiger partial charge in [0.15, 0.2) is 17.3 Å². The molecule has 0 amide bonds. The average Bonchev–Trinajstić information content (AvgIpc) is 3.40. The van der Waals surface area contributed by atoms with Crippen LogP contribution in [0.1, 0.15) is 53.7 Å².